The zero-order chi connectivity index (χ0) is 39.0. The average molecular weight is 780 g/mol. The molecule has 4 fully saturated rings. The molecule has 1 N–H and O–H groups in total. The van der Waals surface area contributed by atoms with Crippen molar-refractivity contribution in [3.05, 3.63) is 70.0 Å². The number of carbonyl (C=O) groups excluding carboxylic acids is 2. The van der Waals surface area contributed by atoms with Crippen LogP contribution in [-0.4, -0.2) is 102 Å². The van der Waals surface area contributed by atoms with E-state index in [0.717, 1.165) is 126 Å². The van der Waals surface area contributed by atoms with Gasteiger partial charge < -0.3 is 19.1 Å². The molecule has 2 atom stereocenters. The lowest BCUT2D eigenvalue weighted by atomic mass is 9.81. The van der Waals surface area contributed by atoms with E-state index in [-0.39, 0.29) is 29.6 Å². The minimum absolute atomic E-state index is 0.0706. The minimum Gasteiger partial charge on any atom is -0.497 e. The summed E-state index contributed by atoms with van der Waals surface area (Å²) in [6.07, 6.45) is 13.1. The molecule has 2 bridgehead atoms. The lowest BCUT2D eigenvalue weighted by molar-refractivity contribution is 0.0471. The van der Waals surface area contributed by atoms with E-state index in [1.807, 2.05) is 25.1 Å². The first-order valence-corrected chi connectivity index (χ1v) is 21.8. The van der Waals surface area contributed by atoms with Gasteiger partial charge in [0.15, 0.2) is 0 Å². The molecule has 2 aromatic heterocycles. The molecule has 2 saturated carbocycles. The number of piperazine rings is 1. The van der Waals surface area contributed by atoms with Crippen LogP contribution in [0.25, 0.3) is 33.8 Å². The molecule has 9 rings (SSSR count). The Morgan fingerprint density at radius 1 is 0.893 bits per heavy atom. The molecule has 5 aliphatic rings. The largest absolute Gasteiger partial charge is 0.497 e. The third kappa shape index (κ3) is 6.17. The molecule has 2 amide bonds. The second-order valence-corrected chi connectivity index (χ2v) is 18.8. The summed E-state index contributed by atoms with van der Waals surface area (Å²) in [5, 5.41) is 6.25. The normalized spacial score (nSPS) is 21.8. The third-order valence-corrected chi connectivity index (χ3v) is 14.6. The molecule has 2 aromatic carbocycles. The summed E-state index contributed by atoms with van der Waals surface area (Å²) >= 11 is 0. The minimum atomic E-state index is -4.00. The van der Waals surface area contributed by atoms with E-state index in [9.17, 15) is 13.2 Å². The first-order chi connectivity index (χ1) is 26.9. The fourth-order valence-electron chi connectivity index (χ4n) is 10.2. The number of fused-ring (bicyclic) bond motifs is 7. The predicted octanol–water partition coefficient (Wildman–Crippen LogP) is 6.60. The van der Waals surface area contributed by atoms with Crippen LogP contribution in [0, 0.1) is 6.92 Å². The Morgan fingerprint density at radius 3 is 2.29 bits per heavy atom. The molecule has 0 radical (unpaired) electrons. The third-order valence-electron chi connectivity index (χ3n) is 13.2. The van der Waals surface area contributed by atoms with Gasteiger partial charge in [0.25, 0.3) is 11.8 Å². The number of hydrogen-bond donors (Lipinski definition) is 1. The SMILES string of the molecule is COc1ccc2c(c1)C=C(c1c(C(=O)N3C4CCC3CN(C)C4)c(C)nn1C1CCC1)Cn1c-2c(C2CCCCC2)c2ccc(C(=O)NS(=O)(=O)N(C)C)cc21. The van der Waals surface area contributed by atoms with Crippen LogP contribution in [0.2, 0.25) is 0 Å². The van der Waals surface area contributed by atoms with Crippen LogP contribution in [0.1, 0.15) is 119 Å². The first-order valence-electron chi connectivity index (χ1n) is 20.3. The predicted molar refractivity (Wildman–Crippen MR) is 218 cm³/mol. The van der Waals surface area contributed by atoms with E-state index in [0.29, 0.717) is 18.0 Å². The topological polar surface area (TPSA) is 122 Å². The fraction of sp³-hybridized carbons (Fsp3) is 0.512. The summed E-state index contributed by atoms with van der Waals surface area (Å²) in [7, 11) is 2.62. The van der Waals surface area contributed by atoms with Gasteiger partial charge in [-0.1, -0.05) is 25.3 Å². The molecular formula is C43H53N7O5S. The van der Waals surface area contributed by atoms with Crippen molar-refractivity contribution < 1.29 is 22.7 Å². The number of rotatable bonds is 8. The van der Waals surface area contributed by atoms with E-state index < -0.39 is 16.1 Å². The molecule has 2 unspecified atom stereocenters. The number of allylic oxidation sites excluding steroid dienone is 1. The molecular weight excluding hydrogens is 727 g/mol. The molecule has 2 saturated heterocycles. The maximum absolute atomic E-state index is 15.1. The summed E-state index contributed by atoms with van der Waals surface area (Å²) in [5.74, 6) is 0.457. The van der Waals surface area contributed by atoms with Gasteiger partial charge in [-0.25, -0.2) is 4.72 Å². The van der Waals surface area contributed by atoms with Gasteiger partial charge >= 0.3 is 10.2 Å². The van der Waals surface area contributed by atoms with Gasteiger partial charge in [0.1, 0.15) is 5.75 Å². The second kappa shape index (κ2) is 14.2. The van der Waals surface area contributed by atoms with Gasteiger partial charge in [-0.15, -0.1) is 0 Å². The number of carbonyl (C=O) groups is 2. The summed E-state index contributed by atoms with van der Waals surface area (Å²) < 4.78 is 39.0. The number of likely N-dealkylation sites (N-methyl/N-ethyl adjacent to an activating group) is 1. The van der Waals surface area contributed by atoms with Crippen molar-refractivity contribution >= 4 is 44.6 Å². The number of methoxy groups -OCH3 is 1. The van der Waals surface area contributed by atoms with E-state index in [2.05, 4.69) is 49.0 Å². The van der Waals surface area contributed by atoms with E-state index >= 15 is 4.79 Å². The highest BCUT2D eigenvalue weighted by atomic mass is 32.2. The van der Waals surface area contributed by atoms with Crippen LogP contribution < -0.4 is 9.46 Å². The Morgan fingerprint density at radius 2 is 1.62 bits per heavy atom. The van der Waals surface area contributed by atoms with Gasteiger partial charge in [0, 0.05) is 61.3 Å². The van der Waals surface area contributed by atoms with Crippen LogP contribution >= 0.6 is 0 Å². The molecule has 296 valence electrons. The van der Waals surface area contributed by atoms with Crippen molar-refractivity contribution in [3.63, 3.8) is 0 Å². The number of ether oxygens (including phenoxy) is 1. The van der Waals surface area contributed by atoms with Crippen LogP contribution in [0.3, 0.4) is 0 Å². The van der Waals surface area contributed by atoms with E-state index in [1.165, 1.54) is 26.1 Å². The van der Waals surface area contributed by atoms with Crippen LogP contribution in [0.5, 0.6) is 5.75 Å². The maximum atomic E-state index is 15.1. The first kappa shape index (κ1) is 37.1. The summed E-state index contributed by atoms with van der Waals surface area (Å²) in [6.45, 7) is 4.17. The van der Waals surface area contributed by atoms with Crippen molar-refractivity contribution in [1.29, 1.82) is 0 Å². The van der Waals surface area contributed by atoms with Crippen LogP contribution in [-0.2, 0) is 16.8 Å². The lowest BCUT2D eigenvalue weighted by Crippen LogP contribution is -2.54. The van der Waals surface area contributed by atoms with Crippen molar-refractivity contribution in [2.24, 2.45) is 0 Å². The Labute approximate surface area is 329 Å². The van der Waals surface area contributed by atoms with Crippen LogP contribution in [0.4, 0.5) is 0 Å². The number of aromatic nitrogens is 3. The summed E-state index contributed by atoms with van der Waals surface area (Å²) in [6, 6.07) is 12.4. The molecule has 0 spiro atoms. The maximum Gasteiger partial charge on any atom is 0.303 e. The molecule has 2 aliphatic carbocycles. The van der Waals surface area contributed by atoms with E-state index in [1.54, 1.807) is 13.2 Å². The Kier molecular flexibility index (Phi) is 9.40. The van der Waals surface area contributed by atoms with Crippen molar-refractivity contribution in [1.82, 2.24) is 33.2 Å². The average Bonchev–Trinajstić information content (AvgIpc) is 3.71. The van der Waals surface area contributed by atoms with Gasteiger partial charge in [-0.2, -0.15) is 17.8 Å². The highest BCUT2D eigenvalue weighted by Crippen LogP contribution is 2.49. The second-order valence-electron chi connectivity index (χ2n) is 16.9. The standard InChI is InChI=1S/C43H53N7O5S/c1-26-38(43(52)49-32-15-16-33(49)25-47(4)24-32)40(50(44-26)31-12-9-13-31)30-20-29-21-34(55-5)17-19-35(29)41-39(27-10-7-6-8-11-27)36-18-14-28(22-37(36)48(41)23-30)42(51)45-56(53,54)46(2)3/h14,17-22,27,31-33H,6-13,15-16,23-25H2,1-5H3,(H,45,51). The van der Waals surface area contributed by atoms with E-state index in [4.69, 9.17) is 9.84 Å². The smallest absolute Gasteiger partial charge is 0.303 e. The number of amides is 2. The zero-order valence-corrected chi connectivity index (χ0v) is 34.0. The van der Waals surface area contributed by atoms with Crippen molar-refractivity contribution in [2.45, 2.75) is 102 Å². The molecule has 56 heavy (non-hydrogen) atoms. The monoisotopic (exact) mass is 779 g/mol. The van der Waals surface area contributed by atoms with Gasteiger partial charge in [-0.3, -0.25) is 14.3 Å². The lowest BCUT2D eigenvalue weighted by Gasteiger charge is -2.39. The van der Waals surface area contributed by atoms with Gasteiger partial charge in [0.05, 0.1) is 42.3 Å². The Balaban J connectivity index is 1.27. The molecule has 3 aliphatic heterocycles. The van der Waals surface area contributed by atoms with Gasteiger partial charge in [0.2, 0.25) is 0 Å². The Hall–Kier alpha value is -4.46. The molecule has 12 nitrogen and oxygen atoms in total. The molecule has 4 aromatic rings. The number of benzene rings is 2. The molecule has 13 heteroatoms. The zero-order valence-electron chi connectivity index (χ0n) is 33.2. The number of hydrogen-bond acceptors (Lipinski definition) is 7. The highest BCUT2D eigenvalue weighted by Gasteiger charge is 2.44. The van der Waals surface area contributed by atoms with Crippen LogP contribution in [0.15, 0.2) is 36.4 Å². The number of nitrogens with zero attached hydrogens (tertiary/aromatic N) is 6. The van der Waals surface area contributed by atoms with Crippen molar-refractivity contribution in [3.8, 4) is 17.0 Å². The van der Waals surface area contributed by atoms with Gasteiger partial charge in [-0.05, 0) is 118 Å². The summed E-state index contributed by atoms with van der Waals surface area (Å²) in [4.78, 5) is 33.2. The fourth-order valence-corrected chi connectivity index (χ4v) is 10.7. The number of aryl methyl sites for hydroxylation is 1. The summed E-state index contributed by atoms with van der Waals surface area (Å²) in [5.41, 5.74) is 8.87. The highest BCUT2D eigenvalue weighted by molar-refractivity contribution is 7.87. The molecule has 5 heterocycles. The number of nitrogens with one attached hydrogen (secondary N) is 1. The quantitative estimate of drug-likeness (QED) is 0.214. The Bertz CT molecular complexity index is 2370. The number of likely N-dealkylation sites (tertiary alicyclic amines) is 1. The van der Waals surface area contributed by atoms with Crippen molar-refractivity contribution in [2.75, 3.05) is 41.3 Å².